The number of piperazine rings is 1. The third kappa shape index (κ3) is 5.15. The molecule has 2 heterocycles. The minimum atomic E-state index is -1.55. The Kier molecular flexibility index (Phi) is 7.09. The number of amides is 2. The molecule has 6 rings (SSSR count). The average Bonchev–Trinajstić information content (AvgIpc) is 3.07. The molecule has 1 saturated heterocycles. The molecule has 0 N–H and O–H groups in total. The second kappa shape index (κ2) is 11.0. The summed E-state index contributed by atoms with van der Waals surface area (Å²) in [5.41, 5.74) is 3.66. The number of benzene rings is 4. The zero-order valence-corrected chi connectivity index (χ0v) is 22.3. The summed E-state index contributed by atoms with van der Waals surface area (Å²) in [6.45, 7) is 4.03. The highest BCUT2D eigenvalue weighted by molar-refractivity contribution is 7.85. The second-order valence-electron chi connectivity index (χ2n) is 9.88. The molecular formula is C32H29N3O3S. The quantitative estimate of drug-likeness (QED) is 0.362. The first kappa shape index (κ1) is 25.2. The molecule has 0 aromatic heterocycles. The van der Waals surface area contributed by atoms with Crippen LogP contribution in [0.1, 0.15) is 31.8 Å². The molecule has 1 fully saturated rings. The van der Waals surface area contributed by atoms with Crippen molar-refractivity contribution in [1.29, 1.82) is 0 Å². The van der Waals surface area contributed by atoms with Crippen LogP contribution in [0.25, 0.3) is 0 Å². The van der Waals surface area contributed by atoms with Gasteiger partial charge >= 0.3 is 0 Å². The van der Waals surface area contributed by atoms with E-state index in [0.29, 0.717) is 46.2 Å². The zero-order valence-electron chi connectivity index (χ0n) is 21.5. The smallest absolute Gasteiger partial charge is 0.259 e. The van der Waals surface area contributed by atoms with Crippen molar-refractivity contribution >= 4 is 28.3 Å². The largest absolute Gasteiger partial charge is 0.336 e. The Morgan fingerprint density at radius 1 is 0.692 bits per heavy atom. The molecule has 0 radical (unpaired) electrons. The van der Waals surface area contributed by atoms with E-state index in [2.05, 4.69) is 17.0 Å². The highest BCUT2D eigenvalue weighted by Crippen LogP contribution is 2.36. The molecule has 1 atom stereocenters. The Balaban J connectivity index is 1.28. The van der Waals surface area contributed by atoms with Crippen LogP contribution in [0.3, 0.4) is 0 Å². The fourth-order valence-corrected chi connectivity index (χ4v) is 6.60. The van der Waals surface area contributed by atoms with Crippen molar-refractivity contribution in [3.63, 3.8) is 0 Å². The average molecular weight is 536 g/mol. The van der Waals surface area contributed by atoms with Gasteiger partial charge in [0.2, 0.25) is 0 Å². The summed E-state index contributed by atoms with van der Waals surface area (Å²) in [7, 11) is -1.55. The molecular weight excluding hydrogens is 506 g/mol. The van der Waals surface area contributed by atoms with Gasteiger partial charge in [-0.05, 0) is 41.5 Å². The lowest BCUT2D eigenvalue weighted by molar-refractivity contribution is 0.0628. The lowest BCUT2D eigenvalue weighted by atomic mass is 10.1. The van der Waals surface area contributed by atoms with Crippen LogP contribution < -0.4 is 4.90 Å². The van der Waals surface area contributed by atoms with Gasteiger partial charge in [-0.15, -0.1) is 0 Å². The molecule has 196 valence electrons. The van der Waals surface area contributed by atoms with E-state index in [1.54, 1.807) is 47.4 Å². The number of hydrogen-bond donors (Lipinski definition) is 0. The van der Waals surface area contributed by atoms with Crippen LogP contribution in [0.2, 0.25) is 0 Å². The lowest BCUT2D eigenvalue weighted by Gasteiger charge is -2.35. The van der Waals surface area contributed by atoms with Gasteiger partial charge < -0.3 is 9.80 Å². The molecule has 39 heavy (non-hydrogen) atoms. The van der Waals surface area contributed by atoms with E-state index >= 15 is 0 Å². The van der Waals surface area contributed by atoms with E-state index in [9.17, 15) is 13.8 Å². The van der Waals surface area contributed by atoms with Crippen LogP contribution in [-0.2, 0) is 23.9 Å². The van der Waals surface area contributed by atoms with E-state index in [0.717, 1.165) is 25.2 Å². The highest BCUT2D eigenvalue weighted by atomic mass is 32.2. The van der Waals surface area contributed by atoms with Crippen LogP contribution in [0.15, 0.2) is 113 Å². The Bertz CT molecular complexity index is 1530. The molecule has 4 aromatic carbocycles. The van der Waals surface area contributed by atoms with Crippen LogP contribution in [0.4, 0.5) is 5.69 Å². The summed E-state index contributed by atoms with van der Waals surface area (Å²) in [4.78, 5) is 34.3. The summed E-state index contributed by atoms with van der Waals surface area (Å²) >= 11 is 0. The van der Waals surface area contributed by atoms with Crippen molar-refractivity contribution in [2.24, 2.45) is 0 Å². The molecule has 0 aliphatic carbocycles. The van der Waals surface area contributed by atoms with Crippen LogP contribution in [0, 0.1) is 0 Å². The van der Waals surface area contributed by atoms with E-state index < -0.39 is 10.8 Å². The molecule has 0 spiro atoms. The summed E-state index contributed by atoms with van der Waals surface area (Å²) in [5, 5.41) is 0. The monoisotopic (exact) mass is 535 g/mol. The Morgan fingerprint density at radius 3 is 2.00 bits per heavy atom. The van der Waals surface area contributed by atoms with Crippen molar-refractivity contribution in [2.75, 3.05) is 31.1 Å². The molecule has 1 unspecified atom stereocenters. The van der Waals surface area contributed by atoms with Crippen LogP contribution >= 0.6 is 0 Å². The first-order valence-electron chi connectivity index (χ1n) is 13.1. The molecule has 4 aromatic rings. The number of carbonyl (C=O) groups is 2. The molecule has 2 aliphatic rings. The fraction of sp³-hybridized carbons (Fsp3) is 0.188. The summed E-state index contributed by atoms with van der Waals surface area (Å²) in [5.74, 6) is -0.294. The predicted octanol–water partition coefficient (Wildman–Crippen LogP) is 4.97. The Labute approximate surface area is 230 Å². The predicted molar refractivity (Wildman–Crippen MR) is 152 cm³/mol. The zero-order chi connectivity index (χ0) is 26.8. The fourth-order valence-electron chi connectivity index (χ4n) is 5.25. The van der Waals surface area contributed by atoms with Crippen molar-refractivity contribution in [1.82, 2.24) is 9.80 Å². The van der Waals surface area contributed by atoms with Crippen molar-refractivity contribution < 1.29 is 13.8 Å². The minimum absolute atomic E-state index is 0.0724. The van der Waals surface area contributed by atoms with Gasteiger partial charge in [0.15, 0.2) is 0 Å². The van der Waals surface area contributed by atoms with Crippen molar-refractivity contribution in [3.05, 3.63) is 125 Å². The van der Waals surface area contributed by atoms with Crippen molar-refractivity contribution in [3.8, 4) is 0 Å². The number of carbonyl (C=O) groups excluding carboxylic acids is 2. The third-order valence-electron chi connectivity index (χ3n) is 7.35. The first-order chi connectivity index (χ1) is 19.1. The maximum Gasteiger partial charge on any atom is 0.259 e. The van der Waals surface area contributed by atoms with Gasteiger partial charge in [0.25, 0.3) is 11.8 Å². The van der Waals surface area contributed by atoms with Gasteiger partial charge in [0.05, 0.1) is 38.4 Å². The van der Waals surface area contributed by atoms with Crippen LogP contribution in [0.5, 0.6) is 0 Å². The Morgan fingerprint density at radius 2 is 1.31 bits per heavy atom. The standard InChI is InChI=1S/C32H29N3O3S/c36-31(34-19-17-33(18-20-34)22-24-9-3-1-4-10-24)26-15-16-30-28(21-26)35(23-25-11-5-2-6-12-25)32(37)27-13-7-8-14-29(27)39(30)38/h1-16,21H,17-20,22-23H2. The van der Waals surface area contributed by atoms with Crippen molar-refractivity contribution in [2.45, 2.75) is 22.9 Å². The number of anilines is 1. The summed E-state index contributed by atoms with van der Waals surface area (Å²) < 4.78 is 13.7. The SMILES string of the molecule is O=C(c1ccc2c(c1)N(Cc1ccccc1)C(=O)c1ccccc1S2=O)N1CCN(Cc2ccccc2)CC1. The van der Waals surface area contributed by atoms with Crippen LogP contribution in [-0.4, -0.2) is 52.0 Å². The van der Waals surface area contributed by atoms with E-state index in [1.807, 2.05) is 53.4 Å². The third-order valence-corrected chi connectivity index (χ3v) is 8.85. The summed E-state index contributed by atoms with van der Waals surface area (Å²) in [6.07, 6.45) is 0. The van der Waals surface area contributed by atoms with E-state index in [-0.39, 0.29) is 11.8 Å². The number of hydrogen-bond acceptors (Lipinski definition) is 4. The normalized spacial score (nSPS) is 17.3. The molecule has 2 amide bonds. The van der Waals surface area contributed by atoms with E-state index in [1.165, 1.54) is 5.56 Å². The van der Waals surface area contributed by atoms with Gasteiger partial charge in [-0.2, -0.15) is 0 Å². The first-order valence-corrected chi connectivity index (χ1v) is 14.3. The summed E-state index contributed by atoms with van der Waals surface area (Å²) in [6, 6.07) is 32.4. The number of rotatable bonds is 5. The van der Waals surface area contributed by atoms with Gasteiger partial charge in [-0.3, -0.25) is 14.5 Å². The molecule has 2 aliphatic heterocycles. The minimum Gasteiger partial charge on any atom is -0.336 e. The van der Waals surface area contributed by atoms with Gasteiger partial charge in [-0.25, -0.2) is 4.21 Å². The number of fused-ring (bicyclic) bond motifs is 2. The number of nitrogens with zero attached hydrogens (tertiary/aromatic N) is 3. The molecule has 7 heteroatoms. The topological polar surface area (TPSA) is 60.9 Å². The maximum absolute atomic E-state index is 13.8. The van der Waals surface area contributed by atoms with E-state index in [4.69, 9.17) is 0 Å². The van der Waals surface area contributed by atoms with Gasteiger partial charge in [-0.1, -0.05) is 72.8 Å². The molecule has 0 bridgehead atoms. The van der Waals surface area contributed by atoms with Gasteiger partial charge in [0.1, 0.15) is 0 Å². The lowest BCUT2D eigenvalue weighted by Crippen LogP contribution is -2.48. The maximum atomic E-state index is 13.8. The molecule has 0 saturated carbocycles. The highest BCUT2D eigenvalue weighted by Gasteiger charge is 2.32. The Hall–Kier alpha value is -4.07. The molecule has 6 nitrogen and oxygen atoms in total. The second-order valence-corrected chi connectivity index (χ2v) is 11.3. The van der Waals surface area contributed by atoms with Gasteiger partial charge in [0, 0.05) is 38.3 Å².